The van der Waals surface area contributed by atoms with Crippen molar-refractivity contribution in [2.75, 3.05) is 0 Å². The summed E-state index contributed by atoms with van der Waals surface area (Å²) in [4.78, 5) is 0. The summed E-state index contributed by atoms with van der Waals surface area (Å²) in [5.74, 6) is 0. The molecule has 2 rings (SSSR count). The molecule has 2 aromatic carbocycles. The van der Waals surface area contributed by atoms with Crippen LogP contribution in [0.2, 0.25) is 10.0 Å². The summed E-state index contributed by atoms with van der Waals surface area (Å²) in [5, 5.41) is 1.45. The van der Waals surface area contributed by atoms with E-state index >= 15 is 0 Å². The maximum Gasteiger partial charge on any atom is 0.0410 e. The summed E-state index contributed by atoms with van der Waals surface area (Å²) in [5.41, 5.74) is 8.44. The number of nitrogens with two attached hydrogens (primary N) is 1. The van der Waals surface area contributed by atoms with Gasteiger partial charge in [-0.05, 0) is 70.5 Å². The van der Waals surface area contributed by atoms with Crippen LogP contribution >= 0.6 is 45.8 Å². The van der Waals surface area contributed by atoms with Gasteiger partial charge in [0.2, 0.25) is 0 Å². The summed E-state index contributed by atoms with van der Waals surface area (Å²) >= 11 is 14.3. The van der Waals surface area contributed by atoms with E-state index in [1.807, 2.05) is 42.5 Å². The SMILES string of the molecule is NC(Cc1cccc(Cl)c1)c1cc(Cl)ccc1I. The second-order valence-corrected chi connectivity index (χ2v) is 6.14. The highest BCUT2D eigenvalue weighted by Gasteiger charge is 2.11. The lowest BCUT2D eigenvalue weighted by atomic mass is 10.00. The van der Waals surface area contributed by atoms with E-state index in [0.717, 1.165) is 26.1 Å². The first-order valence-electron chi connectivity index (χ1n) is 5.51. The van der Waals surface area contributed by atoms with Crippen molar-refractivity contribution in [3.05, 3.63) is 67.2 Å². The van der Waals surface area contributed by atoms with Gasteiger partial charge < -0.3 is 5.73 Å². The first-order valence-corrected chi connectivity index (χ1v) is 7.34. The van der Waals surface area contributed by atoms with Crippen molar-refractivity contribution in [3.8, 4) is 0 Å². The number of hydrogen-bond acceptors (Lipinski definition) is 1. The molecule has 0 amide bonds. The minimum absolute atomic E-state index is 0.0749. The molecule has 0 radical (unpaired) electrons. The topological polar surface area (TPSA) is 26.0 Å². The number of hydrogen-bond donors (Lipinski definition) is 1. The Kier molecular flexibility index (Phi) is 4.90. The Balaban J connectivity index is 2.21. The zero-order chi connectivity index (χ0) is 13.1. The Labute approximate surface area is 130 Å². The highest BCUT2D eigenvalue weighted by Crippen LogP contribution is 2.25. The highest BCUT2D eigenvalue weighted by molar-refractivity contribution is 14.1. The second kappa shape index (κ2) is 6.24. The van der Waals surface area contributed by atoms with Gasteiger partial charge in [0.05, 0.1) is 0 Å². The number of halogens is 3. The van der Waals surface area contributed by atoms with Crippen LogP contribution in [0.5, 0.6) is 0 Å². The molecule has 0 saturated carbocycles. The largest absolute Gasteiger partial charge is 0.324 e. The molecule has 0 aliphatic heterocycles. The summed E-state index contributed by atoms with van der Waals surface area (Å²) in [6, 6.07) is 13.5. The first-order chi connectivity index (χ1) is 8.56. The van der Waals surface area contributed by atoms with Gasteiger partial charge in [-0.3, -0.25) is 0 Å². The van der Waals surface area contributed by atoms with E-state index in [9.17, 15) is 0 Å². The van der Waals surface area contributed by atoms with Crippen molar-refractivity contribution < 1.29 is 0 Å². The van der Waals surface area contributed by atoms with E-state index in [0.29, 0.717) is 5.02 Å². The molecule has 1 nitrogen and oxygen atoms in total. The van der Waals surface area contributed by atoms with Crippen molar-refractivity contribution in [2.24, 2.45) is 5.73 Å². The predicted molar refractivity (Wildman–Crippen MR) is 86.3 cm³/mol. The van der Waals surface area contributed by atoms with Crippen LogP contribution in [0.3, 0.4) is 0 Å². The quantitative estimate of drug-likeness (QED) is 0.744. The first kappa shape index (κ1) is 14.1. The molecule has 2 aromatic rings. The third kappa shape index (κ3) is 3.60. The van der Waals surface area contributed by atoms with Crippen molar-refractivity contribution >= 4 is 45.8 Å². The average Bonchev–Trinajstić information content (AvgIpc) is 2.32. The molecule has 2 N–H and O–H groups in total. The van der Waals surface area contributed by atoms with Crippen molar-refractivity contribution in [1.82, 2.24) is 0 Å². The van der Waals surface area contributed by atoms with E-state index in [4.69, 9.17) is 28.9 Å². The lowest BCUT2D eigenvalue weighted by Gasteiger charge is -2.14. The maximum absolute atomic E-state index is 6.24. The Bertz CT molecular complexity index is 557. The Hall–Kier alpha value is -0.290. The van der Waals surface area contributed by atoms with E-state index in [1.165, 1.54) is 0 Å². The van der Waals surface area contributed by atoms with Gasteiger partial charge in [0.25, 0.3) is 0 Å². The van der Waals surface area contributed by atoms with Crippen LogP contribution in [0.15, 0.2) is 42.5 Å². The van der Waals surface area contributed by atoms with Gasteiger partial charge in [-0.15, -0.1) is 0 Å². The van der Waals surface area contributed by atoms with Gasteiger partial charge in [0.1, 0.15) is 0 Å². The molecule has 4 heteroatoms. The zero-order valence-corrected chi connectivity index (χ0v) is 13.2. The third-order valence-electron chi connectivity index (χ3n) is 2.70. The molecule has 0 saturated heterocycles. The fourth-order valence-corrected chi connectivity index (χ4v) is 2.96. The third-order valence-corrected chi connectivity index (χ3v) is 4.15. The summed E-state index contributed by atoms with van der Waals surface area (Å²) in [6.07, 6.45) is 0.747. The zero-order valence-electron chi connectivity index (χ0n) is 9.54. The van der Waals surface area contributed by atoms with Gasteiger partial charge in [-0.1, -0.05) is 35.3 Å². The summed E-state index contributed by atoms with van der Waals surface area (Å²) in [6.45, 7) is 0. The molecule has 0 spiro atoms. The standard InChI is InChI=1S/C14H12Cl2IN/c15-10-3-1-2-9(6-10)7-14(18)12-8-11(16)4-5-13(12)17/h1-6,8,14H,7,18H2. The van der Waals surface area contributed by atoms with Gasteiger partial charge >= 0.3 is 0 Å². The summed E-state index contributed by atoms with van der Waals surface area (Å²) in [7, 11) is 0. The lowest BCUT2D eigenvalue weighted by molar-refractivity contribution is 0.718. The molecule has 0 aliphatic carbocycles. The highest BCUT2D eigenvalue weighted by atomic mass is 127. The van der Waals surface area contributed by atoms with E-state index in [1.54, 1.807) is 0 Å². The van der Waals surface area contributed by atoms with Crippen LogP contribution in [0.25, 0.3) is 0 Å². The second-order valence-electron chi connectivity index (χ2n) is 4.11. The molecular formula is C14H12Cl2IN. The van der Waals surface area contributed by atoms with E-state index in [2.05, 4.69) is 22.6 Å². The molecule has 18 heavy (non-hydrogen) atoms. The normalized spacial score (nSPS) is 12.4. The molecule has 0 heterocycles. The van der Waals surface area contributed by atoms with Crippen molar-refractivity contribution in [2.45, 2.75) is 12.5 Å². The Morgan fingerprint density at radius 3 is 2.50 bits per heavy atom. The number of benzene rings is 2. The molecule has 1 atom stereocenters. The van der Waals surface area contributed by atoms with Crippen molar-refractivity contribution in [1.29, 1.82) is 0 Å². The molecule has 0 fully saturated rings. The number of rotatable bonds is 3. The van der Waals surface area contributed by atoms with Crippen LogP contribution in [0.4, 0.5) is 0 Å². The van der Waals surface area contributed by atoms with E-state index < -0.39 is 0 Å². The molecule has 0 aromatic heterocycles. The van der Waals surface area contributed by atoms with Crippen LogP contribution in [-0.2, 0) is 6.42 Å². The lowest BCUT2D eigenvalue weighted by Crippen LogP contribution is -2.14. The smallest absolute Gasteiger partial charge is 0.0410 e. The molecule has 94 valence electrons. The minimum atomic E-state index is -0.0749. The molecule has 1 unspecified atom stereocenters. The predicted octanol–water partition coefficient (Wildman–Crippen LogP) is 4.84. The monoisotopic (exact) mass is 391 g/mol. The van der Waals surface area contributed by atoms with Gasteiger partial charge in [0, 0.05) is 19.7 Å². The Morgan fingerprint density at radius 1 is 1.06 bits per heavy atom. The maximum atomic E-state index is 6.24. The van der Waals surface area contributed by atoms with Gasteiger partial charge in [-0.25, -0.2) is 0 Å². The van der Waals surface area contributed by atoms with Crippen molar-refractivity contribution in [3.63, 3.8) is 0 Å². The minimum Gasteiger partial charge on any atom is -0.324 e. The van der Waals surface area contributed by atoms with Crippen LogP contribution in [-0.4, -0.2) is 0 Å². The van der Waals surface area contributed by atoms with Crippen LogP contribution in [0.1, 0.15) is 17.2 Å². The fraction of sp³-hybridized carbons (Fsp3) is 0.143. The fourth-order valence-electron chi connectivity index (χ4n) is 1.83. The van der Waals surface area contributed by atoms with Gasteiger partial charge in [-0.2, -0.15) is 0 Å². The van der Waals surface area contributed by atoms with E-state index in [-0.39, 0.29) is 6.04 Å². The molecular weight excluding hydrogens is 380 g/mol. The average molecular weight is 392 g/mol. The molecule has 0 bridgehead atoms. The summed E-state index contributed by atoms with van der Waals surface area (Å²) < 4.78 is 1.13. The molecule has 0 aliphatic rings. The Morgan fingerprint density at radius 2 is 1.78 bits per heavy atom. The van der Waals surface area contributed by atoms with Crippen LogP contribution in [0, 0.1) is 3.57 Å². The van der Waals surface area contributed by atoms with Gasteiger partial charge in [0.15, 0.2) is 0 Å². The van der Waals surface area contributed by atoms with Crippen LogP contribution < -0.4 is 5.73 Å².